The van der Waals surface area contributed by atoms with Crippen molar-refractivity contribution >= 4 is 11.8 Å². The summed E-state index contributed by atoms with van der Waals surface area (Å²) < 4.78 is 0. The standard InChI is InChI=1S/C16H23N3O4/c1-16(22,10-19-8-2-3-12(9-19)15(20)21)13-6-4-11(5-7-13)14(17)18-23/h4-7,12,22-23H,2-3,8-10H2,1H3,(H2,17,18)(H,20,21). The Kier molecular flexibility index (Phi) is 5.23. The Morgan fingerprint density at radius 1 is 1.43 bits per heavy atom. The lowest BCUT2D eigenvalue weighted by molar-refractivity contribution is -0.144. The maximum Gasteiger partial charge on any atom is 0.307 e. The molecule has 126 valence electrons. The molecule has 7 heteroatoms. The number of nitrogens with zero attached hydrogens (tertiary/aromatic N) is 2. The van der Waals surface area contributed by atoms with Crippen LogP contribution in [0.3, 0.4) is 0 Å². The fraction of sp³-hybridized carbons (Fsp3) is 0.500. The van der Waals surface area contributed by atoms with Gasteiger partial charge in [0.15, 0.2) is 5.84 Å². The van der Waals surface area contributed by atoms with Gasteiger partial charge < -0.3 is 21.2 Å². The summed E-state index contributed by atoms with van der Waals surface area (Å²) in [7, 11) is 0. The van der Waals surface area contributed by atoms with E-state index in [1.165, 1.54) is 0 Å². The minimum absolute atomic E-state index is 0.0107. The number of aliphatic hydroxyl groups is 1. The third-order valence-corrected chi connectivity index (χ3v) is 4.30. The monoisotopic (exact) mass is 321 g/mol. The van der Waals surface area contributed by atoms with Gasteiger partial charge >= 0.3 is 5.97 Å². The molecule has 1 heterocycles. The molecule has 23 heavy (non-hydrogen) atoms. The van der Waals surface area contributed by atoms with E-state index in [1.54, 1.807) is 31.2 Å². The minimum Gasteiger partial charge on any atom is -0.481 e. The Bertz CT molecular complexity index is 583. The first-order valence-corrected chi connectivity index (χ1v) is 7.59. The molecule has 1 aromatic rings. The van der Waals surface area contributed by atoms with E-state index in [9.17, 15) is 9.90 Å². The first-order valence-electron chi connectivity index (χ1n) is 7.59. The zero-order chi connectivity index (χ0) is 17.0. The van der Waals surface area contributed by atoms with Gasteiger partial charge in [-0.05, 0) is 31.9 Å². The molecule has 0 amide bonds. The molecule has 7 nitrogen and oxygen atoms in total. The summed E-state index contributed by atoms with van der Waals surface area (Å²) in [5.74, 6) is -1.14. The van der Waals surface area contributed by atoms with Crippen LogP contribution in [0.1, 0.15) is 30.9 Å². The van der Waals surface area contributed by atoms with Gasteiger partial charge in [0.05, 0.1) is 11.5 Å². The number of nitrogens with two attached hydrogens (primary N) is 1. The highest BCUT2D eigenvalue weighted by molar-refractivity contribution is 5.96. The summed E-state index contributed by atoms with van der Waals surface area (Å²) in [6, 6.07) is 6.81. The van der Waals surface area contributed by atoms with E-state index in [4.69, 9.17) is 16.0 Å². The molecular formula is C16H23N3O4. The fourth-order valence-electron chi connectivity index (χ4n) is 2.99. The number of amidine groups is 1. The molecule has 0 radical (unpaired) electrons. The van der Waals surface area contributed by atoms with Crippen LogP contribution in [0.25, 0.3) is 0 Å². The molecule has 1 saturated heterocycles. The molecule has 1 fully saturated rings. The van der Waals surface area contributed by atoms with Crippen LogP contribution in [0, 0.1) is 5.92 Å². The van der Waals surface area contributed by atoms with E-state index in [0.717, 1.165) is 13.0 Å². The van der Waals surface area contributed by atoms with Gasteiger partial charge in [-0.1, -0.05) is 29.4 Å². The van der Waals surface area contributed by atoms with Crippen molar-refractivity contribution in [2.24, 2.45) is 16.8 Å². The van der Waals surface area contributed by atoms with Crippen LogP contribution in [0.5, 0.6) is 0 Å². The van der Waals surface area contributed by atoms with Crippen molar-refractivity contribution in [3.63, 3.8) is 0 Å². The van der Waals surface area contributed by atoms with Crippen LogP contribution in [0.2, 0.25) is 0 Å². The lowest BCUT2D eigenvalue weighted by Gasteiger charge is -2.36. The van der Waals surface area contributed by atoms with Crippen LogP contribution in [-0.2, 0) is 10.4 Å². The van der Waals surface area contributed by atoms with Gasteiger partial charge in [0, 0.05) is 18.7 Å². The van der Waals surface area contributed by atoms with E-state index >= 15 is 0 Å². The highest BCUT2D eigenvalue weighted by Gasteiger charge is 2.31. The number of aliphatic carboxylic acids is 1. The maximum absolute atomic E-state index is 11.1. The number of hydrogen-bond donors (Lipinski definition) is 4. The third kappa shape index (κ3) is 4.20. The van der Waals surface area contributed by atoms with E-state index < -0.39 is 11.6 Å². The fourth-order valence-corrected chi connectivity index (χ4v) is 2.99. The molecule has 0 aliphatic carbocycles. The Morgan fingerprint density at radius 3 is 2.65 bits per heavy atom. The molecule has 1 aliphatic rings. The Hall–Kier alpha value is -2.12. The van der Waals surface area contributed by atoms with Crippen LogP contribution in [-0.4, -0.2) is 51.8 Å². The van der Waals surface area contributed by atoms with Gasteiger partial charge in [-0.2, -0.15) is 0 Å². The minimum atomic E-state index is -1.11. The van der Waals surface area contributed by atoms with Crippen LogP contribution in [0.4, 0.5) is 0 Å². The number of oxime groups is 1. The zero-order valence-electron chi connectivity index (χ0n) is 13.1. The smallest absolute Gasteiger partial charge is 0.307 e. The number of hydrogen-bond acceptors (Lipinski definition) is 5. The van der Waals surface area contributed by atoms with Crippen LogP contribution >= 0.6 is 0 Å². The molecule has 0 aromatic heterocycles. The van der Waals surface area contributed by atoms with Gasteiger partial charge in [0.2, 0.25) is 0 Å². The lowest BCUT2D eigenvalue weighted by atomic mass is 9.92. The SMILES string of the molecule is CC(O)(CN1CCCC(C(=O)O)C1)c1ccc(/C(N)=N/O)cc1. The topological polar surface area (TPSA) is 119 Å². The predicted octanol–water partition coefficient (Wildman–Crippen LogP) is 0.785. The second-order valence-electron chi connectivity index (χ2n) is 6.25. The quantitative estimate of drug-likeness (QED) is 0.275. The van der Waals surface area contributed by atoms with Crippen molar-refractivity contribution in [2.45, 2.75) is 25.4 Å². The summed E-state index contributed by atoms with van der Waals surface area (Å²) in [6.07, 6.45) is 1.50. The second kappa shape index (κ2) is 6.97. The normalized spacial score (nSPS) is 22.5. The number of carboxylic acid groups (broad SMARTS) is 1. The molecule has 0 saturated carbocycles. The Balaban J connectivity index is 2.07. The summed E-state index contributed by atoms with van der Waals surface area (Å²) in [6.45, 7) is 3.30. The molecule has 1 aliphatic heterocycles. The molecule has 2 unspecified atom stereocenters. The Morgan fingerprint density at radius 2 is 2.09 bits per heavy atom. The lowest BCUT2D eigenvalue weighted by Crippen LogP contribution is -2.45. The van der Waals surface area contributed by atoms with E-state index in [-0.39, 0.29) is 11.8 Å². The number of rotatable bonds is 5. The molecule has 5 N–H and O–H groups in total. The number of benzene rings is 1. The third-order valence-electron chi connectivity index (χ3n) is 4.30. The van der Waals surface area contributed by atoms with Gasteiger partial charge in [0.1, 0.15) is 0 Å². The van der Waals surface area contributed by atoms with Crippen molar-refractivity contribution < 1.29 is 20.2 Å². The van der Waals surface area contributed by atoms with E-state index in [2.05, 4.69) is 5.16 Å². The van der Waals surface area contributed by atoms with Crippen molar-refractivity contribution in [3.05, 3.63) is 35.4 Å². The average Bonchev–Trinajstić information content (AvgIpc) is 2.54. The maximum atomic E-state index is 11.1. The zero-order valence-corrected chi connectivity index (χ0v) is 13.1. The van der Waals surface area contributed by atoms with E-state index in [0.29, 0.717) is 30.6 Å². The Labute approximate surface area is 135 Å². The summed E-state index contributed by atoms with van der Waals surface area (Å²) >= 11 is 0. The number of carboxylic acids is 1. The highest BCUT2D eigenvalue weighted by atomic mass is 16.4. The van der Waals surface area contributed by atoms with Gasteiger partial charge in [-0.3, -0.25) is 9.69 Å². The van der Waals surface area contributed by atoms with E-state index in [1.807, 2.05) is 4.90 Å². The number of likely N-dealkylation sites (tertiary alicyclic amines) is 1. The molecular weight excluding hydrogens is 298 g/mol. The van der Waals surface area contributed by atoms with Gasteiger partial charge in [-0.15, -0.1) is 0 Å². The van der Waals surface area contributed by atoms with Crippen LogP contribution in [0.15, 0.2) is 29.4 Å². The van der Waals surface area contributed by atoms with Crippen LogP contribution < -0.4 is 5.73 Å². The molecule has 2 rings (SSSR count). The van der Waals surface area contributed by atoms with Gasteiger partial charge in [0.25, 0.3) is 0 Å². The molecule has 1 aromatic carbocycles. The first-order chi connectivity index (χ1) is 10.8. The largest absolute Gasteiger partial charge is 0.481 e. The average molecular weight is 321 g/mol. The first kappa shape index (κ1) is 17.2. The van der Waals surface area contributed by atoms with Crippen molar-refractivity contribution in [1.29, 1.82) is 0 Å². The van der Waals surface area contributed by atoms with Gasteiger partial charge in [-0.25, -0.2) is 0 Å². The predicted molar refractivity (Wildman–Crippen MR) is 85.3 cm³/mol. The molecule has 0 bridgehead atoms. The number of piperidine rings is 1. The van der Waals surface area contributed by atoms with Crippen molar-refractivity contribution in [1.82, 2.24) is 4.90 Å². The van der Waals surface area contributed by atoms with Crippen molar-refractivity contribution in [3.8, 4) is 0 Å². The second-order valence-corrected chi connectivity index (χ2v) is 6.25. The summed E-state index contributed by atoms with van der Waals surface area (Å²) in [5, 5.41) is 31.5. The summed E-state index contributed by atoms with van der Waals surface area (Å²) in [4.78, 5) is 13.1. The number of carbonyl (C=O) groups is 1. The number of β-amino-alcohol motifs (C(OH)–C–C–N with tert-alkyl or cyclic N) is 1. The van der Waals surface area contributed by atoms with Crippen molar-refractivity contribution in [2.75, 3.05) is 19.6 Å². The molecule has 0 spiro atoms. The molecule has 2 atom stereocenters. The highest BCUT2D eigenvalue weighted by Crippen LogP contribution is 2.25. The summed E-state index contributed by atoms with van der Waals surface area (Å²) in [5.41, 5.74) is 5.68.